The summed E-state index contributed by atoms with van der Waals surface area (Å²) in [7, 11) is 4.34. The summed E-state index contributed by atoms with van der Waals surface area (Å²) < 4.78 is 0. The minimum Gasteiger partial charge on any atom is -0.315 e. The number of nitrogens with zero attached hydrogens (tertiary/aromatic N) is 1. The van der Waals surface area contributed by atoms with Gasteiger partial charge in [0.05, 0.1) is 0 Å². The van der Waals surface area contributed by atoms with E-state index in [1.165, 1.54) is 25.8 Å². The van der Waals surface area contributed by atoms with Crippen LogP contribution in [0.15, 0.2) is 0 Å². The first-order valence-corrected chi connectivity index (χ1v) is 4.70. The summed E-state index contributed by atoms with van der Waals surface area (Å²) in [5.41, 5.74) is 0. The van der Waals surface area contributed by atoms with Crippen LogP contribution in [0.25, 0.3) is 0 Å². The number of likely N-dealkylation sites (N-methyl/N-ethyl adjacent to an activating group) is 2. The molecule has 0 aromatic heterocycles. The standard InChI is InChI=1S/C9H18N2/c1-10-9(7-3-4-7)8-5-6-11(8)2/h7-10H,3-6H2,1-2H3. The molecule has 1 saturated carbocycles. The van der Waals surface area contributed by atoms with Gasteiger partial charge < -0.3 is 10.2 Å². The lowest BCUT2D eigenvalue weighted by molar-refractivity contribution is 0.0843. The van der Waals surface area contributed by atoms with Crippen LogP contribution in [0.4, 0.5) is 0 Å². The summed E-state index contributed by atoms with van der Waals surface area (Å²) in [6.07, 6.45) is 4.31. The molecule has 2 rings (SSSR count). The molecule has 2 heteroatoms. The molecule has 0 aromatic carbocycles. The van der Waals surface area contributed by atoms with Crippen LogP contribution in [-0.4, -0.2) is 37.6 Å². The first-order chi connectivity index (χ1) is 5.33. The molecular weight excluding hydrogens is 136 g/mol. The first kappa shape index (κ1) is 7.56. The molecule has 2 fully saturated rings. The molecular formula is C9H18N2. The van der Waals surface area contributed by atoms with Crippen molar-refractivity contribution in [2.75, 3.05) is 20.6 Å². The molecule has 1 aliphatic heterocycles. The third kappa shape index (κ3) is 1.30. The lowest BCUT2D eigenvalue weighted by Gasteiger charge is -2.43. The van der Waals surface area contributed by atoms with Gasteiger partial charge in [-0.15, -0.1) is 0 Å². The second kappa shape index (κ2) is 2.76. The molecule has 0 spiro atoms. The molecule has 2 unspecified atom stereocenters. The molecule has 2 atom stereocenters. The fourth-order valence-corrected chi connectivity index (χ4v) is 2.19. The van der Waals surface area contributed by atoms with E-state index in [4.69, 9.17) is 0 Å². The topological polar surface area (TPSA) is 15.3 Å². The van der Waals surface area contributed by atoms with E-state index in [0.29, 0.717) is 0 Å². The summed E-state index contributed by atoms with van der Waals surface area (Å²) in [6.45, 7) is 1.30. The van der Waals surface area contributed by atoms with Gasteiger partial charge in [0.1, 0.15) is 0 Å². The van der Waals surface area contributed by atoms with Gasteiger partial charge >= 0.3 is 0 Å². The Kier molecular flexibility index (Phi) is 1.90. The summed E-state index contributed by atoms with van der Waals surface area (Å²) >= 11 is 0. The molecule has 1 saturated heterocycles. The summed E-state index contributed by atoms with van der Waals surface area (Å²) in [4.78, 5) is 2.47. The molecule has 0 bridgehead atoms. The van der Waals surface area contributed by atoms with Crippen molar-refractivity contribution in [3.05, 3.63) is 0 Å². The van der Waals surface area contributed by atoms with Gasteiger partial charge in [0.2, 0.25) is 0 Å². The minimum absolute atomic E-state index is 0.786. The van der Waals surface area contributed by atoms with Crippen molar-refractivity contribution in [1.29, 1.82) is 0 Å². The third-order valence-corrected chi connectivity index (χ3v) is 3.22. The highest BCUT2D eigenvalue weighted by Crippen LogP contribution is 2.37. The third-order valence-electron chi connectivity index (χ3n) is 3.22. The predicted molar refractivity (Wildman–Crippen MR) is 46.6 cm³/mol. The lowest BCUT2D eigenvalue weighted by Crippen LogP contribution is -2.56. The molecule has 2 aliphatic rings. The maximum Gasteiger partial charge on any atom is 0.0261 e. The number of rotatable bonds is 3. The molecule has 0 radical (unpaired) electrons. The number of hydrogen-bond donors (Lipinski definition) is 1. The van der Waals surface area contributed by atoms with Crippen molar-refractivity contribution in [2.45, 2.75) is 31.3 Å². The van der Waals surface area contributed by atoms with Crippen LogP contribution in [0.5, 0.6) is 0 Å². The Morgan fingerprint density at radius 2 is 2.09 bits per heavy atom. The van der Waals surface area contributed by atoms with E-state index in [-0.39, 0.29) is 0 Å². The van der Waals surface area contributed by atoms with Crippen LogP contribution in [0.2, 0.25) is 0 Å². The van der Waals surface area contributed by atoms with Gasteiger partial charge in [-0.25, -0.2) is 0 Å². The van der Waals surface area contributed by atoms with Gasteiger partial charge in [0.15, 0.2) is 0 Å². The maximum absolute atomic E-state index is 3.45. The zero-order valence-corrected chi connectivity index (χ0v) is 7.51. The first-order valence-electron chi connectivity index (χ1n) is 4.70. The second-order valence-electron chi connectivity index (χ2n) is 3.99. The molecule has 1 aliphatic carbocycles. The SMILES string of the molecule is CNC(C1CC1)C1CCN1C. The van der Waals surface area contributed by atoms with Gasteiger partial charge in [-0.1, -0.05) is 0 Å². The zero-order chi connectivity index (χ0) is 7.84. The molecule has 1 N–H and O–H groups in total. The summed E-state index contributed by atoms with van der Waals surface area (Å²) in [5, 5.41) is 3.45. The molecule has 1 heterocycles. The predicted octanol–water partition coefficient (Wildman–Crippen LogP) is 0.688. The average Bonchev–Trinajstić information content (AvgIpc) is 2.79. The number of nitrogens with one attached hydrogen (secondary N) is 1. The summed E-state index contributed by atoms with van der Waals surface area (Å²) in [5.74, 6) is 0.993. The lowest BCUT2D eigenvalue weighted by atomic mass is 9.93. The van der Waals surface area contributed by atoms with Crippen molar-refractivity contribution < 1.29 is 0 Å². The molecule has 11 heavy (non-hydrogen) atoms. The van der Waals surface area contributed by atoms with Gasteiger partial charge in [-0.3, -0.25) is 0 Å². The van der Waals surface area contributed by atoms with Crippen LogP contribution >= 0.6 is 0 Å². The molecule has 2 nitrogen and oxygen atoms in total. The van der Waals surface area contributed by atoms with Crippen LogP contribution in [-0.2, 0) is 0 Å². The normalized spacial score (nSPS) is 34.9. The smallest absolute Gasteiger partial charge is 0.0261 e. The van der Waals surface area contributed by atoms with Crippen LogP contribution in [0, 0.1) is 5.92 Å². The highest BCUT2D eigenvalue weighted by atomic mass is 15.2. The monoisotopic (exact) mass is 154 g/mol. The molecule has 0 aromatic rings. The average molecular weight is 154 g/mol. The van der Waals surface area contributed by atoms with E-state index >= 15 is 0 Å². The van der Waals surface area contributed by atoms with E-state index in [1.807, 2.05) is 0 Å². The van der Waals surface area contributed by atoms with Gasteiger partial charge in [0.25, 0.3) is 0 Å². The fourth-order valence-electron chi connectivity index (χ4n) is 2.19. The largest absolute Gasteiger partial charge is 0.315 e. The summed E-state index contributed by atoms with van der Waals surface area (Å²) in [6, 6.07) is 1.63. The molecule has 64 valence electrons. The van der Waals surface area contributed by atoms with Crippen molar-refractivity contribution in [1.82, 2.24) is 10.2 Å². The number of likely N-dealkylation sites (tertiary alicyclic amines) is 1. The highest BCUT2D eigenvalue weighted by molar-refractivity contribution is 4.98. The van der Waals surface area contributed by atoms with Crippen molar-refractivity contribution in [3.63, 3.8) is 0 Å². The van der Waals surface area contributed by atoms with Crippen molar-refractivity contribution >= 4 is 0 Å². The Morgan fingerprint density at radius 3 is 2.36 bits per heavy atom. The van der Waals surface area contributed by atoms with E-state index in [0.717, 1.165) is 18.0 Å². The minimum atomic E-state index is 0.786. The van der Waals surface area contributed by atoms with Gasteiger partial charge in [-0.05, 0) is 45.8 Å². The molecule has 0 amide bonds. The Hall–Kier alpha value is -0.0800. The Bertz CT molecular complexity index is 142. The van der Waals surface area contributed by atoms with Crippen LogP contribution in [0.3, 0.4) is 0 Å². The number of hydrogen-bond acceptors (Lipinski definition) is 2. The van der Waals surface area contributed by atoms with Crippen molar-refractivity contribution in [3.8, 4) is 0 Å². The fraction of sp³-hybridized carbons (Fsp3) is 1.00. The Morgan fingerprint density at radius 1 is 1.36 bits per heavy atom. The van der Waals surface area contributed by atoms with Crippen molar-refractivity contribution in [2.24, 2.45) is 5.92 Å². The van der Waals surface area contributed by atoms with Crippen LogP contribution in [0.1, 0.15) is 19.3 Å². The highest BCUT2D eigenvalue weighted by Gasteiger charge is 2.40. The maximum atomic E-state index is 3.45. The second-order valence-corrected chi connectivity index (χ2v) is 3.99. The van der Waals surface area contributed by atoms with Gasteiger partial charge in [0, 0.05) is 12.1 Å². The Labute approximate surface area is 69.0 Å². The van der Waals surface area contributed by atoms with E-state index < -0.39 is 0 Å². The van der Waals surface area contributed by atoms with E-state index in [9.17, 15) is 0 Å². The quantitative estimate of drug-likeness (QED) is 0.643. The van der Waals surface area contributed by atoms with E-state index in [2.05, 4.69) is 24.3 Å². The van der Waals surface area contributed by atoms with Gasteiger partial charge in [-0.2, -0.15) is 0 Å². The zero-order valence-electron chi connectivity index (χ0n) is 7.51. The van der Waals surface area contributed by atoms with Crippen LogP contribution < -0.4 is 5.32 Å². The Balaban J connectivity index is 1.88. The van der Waals surface area contributed by atoms with E-state index in [1.54, 1.807) is 0 Å².